The van der Waals surface area contributed by atoms with Gasteiger partial charge in [-0.2, -0.15) is 0 Å². The van der Waals surface area contributed by atoms with Crippen molar-refractivity contribution < 1.29 is 17.6 Å². The highest BCUT2D eigenvalue weighted by Gasteiger charge is 2.33. The Bertz CT molecular complexity index is 1000. The molecule has 0 fully saturated rings. The van der Waals surface area contributed by atoms with Crippen LogP contribution >= 0.6 is 0 Å². The highest BCUT2D eigenvalue weighted by atomic mass is 32.2. The minimum Gasteiger partial charge on any atom is -0.312 e. The molecule has 2 aliphatic rings. The Balaban J connectivity index is 1.73. The molecule has 0 radical (unpaired) electrons. The molecule has 1 amide bonds. The molecule has 0 atom stereocenters. The zero-order chi connectivity index (χ0) is 17.8. The van der Waals surface area contributed by atoms with Crippen LogP contribution < -0.4 is 9.62 Å². The fraction of sp³-hybridized carbons (Fsp3) is 0.278. The van der Waals surface area contributed by atoms with Gasteiger partial charge in [-0.25, -0.2) is 12.8 Å². The van der Waals surface area contributed by atoms with Gasteiger partial charge in [0.2, 0.25) is 5.91 Å². The Kier molecular flexibility index (Phi) is 3.57. The second-order valence-corrected chi connectivity index (χ2v) is 8.17. The normalized spacial score (nSPS) is 16.1. The van der Waals surface area contributed by atoms with E-state index in [-0.39, 0.29) is 22.9 Å². The molecule has 2 aromatic carbocycles. The highest BCUT2D eigenvalue weighted by Crippen LogP contribution is 2.38. The fourth-order valence-corrected chi connectivity index (χ4v) is 4.62. The van der Waals surface area contributed by atoms with Crippen molar-refractivity contribution in [2.75, 3.05) is 16.2 Å². The summed E-state index contributed by atoms with van der Waals surface area (Å²) in [7, 11) is -3.85. The lowest BCUT2D eigenvalue weighted by molar-refractivity contribution is -0.117. The number of rotatable bonds is 3. The minimum atomic E-state index is -3.85. The van der Waals surface area contributed by atoms with Gasteiger partial charge in [-0.15, -0.1) is 0 Å². The number of hydrogen-bond donors (Lipinski definition) is 1. The van der Waals surface area contributed by atoms with Crippen molar-refractivity contribution in [2.45, 2.75) is 31.1 Å². The van der Waals surface area contributed by atoms with Crippen molar-refractivity contribution in [2.24, 2.45) is 0 Å². The van der Waals surface area contributed by atoms with Gasteiger partial charge in [-0.3, -0.25) is 9.52 Å². The van der Waals surface area contributed by atoms with Gasteiger partial charge in [0, 0.05) is 6.54 Å². The molecule has 0 aliphatic carbocycles. The largest absolute Gasteiger partial charge is 0.312 e. The summed E-state index contributed by atoms with van der Waals surface area (Å²) in [6.45, 7) is 2.30. The van der Waals surface area contributed by atoms with Crippen LogP contribution in [0.2, 0.25) is 0 Å². The number of nitrogens with zero attached hydrogens (tertiary/aromatic N) is 1. The Morgan fingerprint density at radius 1 is 1.16 bits per heavy atom. The predicted molar refractivity (Wildman–Crippen MR) is 92.8 cm³/mol. The van der Waals surface area contributed by atoms with Gasteiger partial charge in [0.05, 0.1) is 22.7 Å². The van der Waals surface area contributed by atoms with Crippen molar-refractivity contribution in [3.8, 4) is 0 Å². The number of halogens is 1. The maximum atomic E-state index is 13.7. The molecule has 0 aromatic heterocycles. The summed E-state index contributed by atoms with van der Waals surface area (Å²) >= 11 is 0. The van der Waals surface area contributed by atoms with Gasteiger partial charge in [-0.1, -0.05) is 6.07 Å². The SMILES string of the molecule is Cc1ccc(NS(=O)(=O)c2cc3c4c(c2)CC(=O)N4CCC3)cc1F. The van der Waals surface area contributed by atoms with Crippen molar-refractivity contribution in [3.63, 3.8) is 0 Å². The molecule has 25 heavy (non-hydrogen) atoms. The van der Waals surface area contributed by atoms with Crippen molar-refractivity contribution >= 4 is 27.3 Å². The monoisotopic (exact) mass is 360 g/mol. The smallest absolute Gasteiger partial charge is 0.261 e. The Hall–Kier alpha value is -2.41. The number of benzene rings is 2. The van der Waals surface area contributed by atoms with Gasteiger partial charge in [-0.05, 0) is 60.7 Å². The van der Waals surface area contributed by atoms with Crippen LogP contribution in [0.15, 0.2) is 35.2 Å². The van der Waals surface area contributed by atoms with Gasteiger partial charge in [0.25, 0.3) is 10.0 Å². The van der Waals surface area contributed by atoms with Crippen LogP contribution in [0.5, 0.6) is 0 Å². The van der Waals surface area contributed by atoms with E-state index in [0.717, 1.165) is 35.7 Å². The maximum Gasteiger partial charge on any atom is 0.261 e. The van der Waals surface area contributed by atoms with Crippen LogP contribution in [0.1, 0.15) is 23.1 Å². The zero-order valence-corrected chi connectivity index (χ0v) is 14.5. The lowest BCUT2D eigenvalue weighted by Crippen LogP contribution is -2.31. The average Bonchev–Trinajstić information content (AvgIpc) is 2.88. The first kappa shape index (κ1) is 16.1. The van der Waals surface area contributed by atoms with Gasteiger partial charge < -0.3 is 4.90 Å². The number of hydrogen-bond acceptors (Lipinski definition) is 3. The van der Waals surface area contributed by atoms with Crippen LogP contribution in [0.25, 0.3) is 0 Å². The summed E-state index contributed by atoms with van der Waals surface area (Å²) in [6, 6.07) is 7.38. The standard InChI is InChI=1S/C18H17FN2O3S/c1-11-4-5-14(10-16(11)19)20-25(23,24)15-7-12-3-2-6-21-17(22)9-13(8-15)18(12)21/h4-5,7-8,10,20H,2-3,6,9H2,1H3. The van der Waals surface area contributed by atoms with E-state index in [2.05, 4.69) is 4.72 Å². The summed E-state index contributed by atoms with van der Waals surface area (Å²) < 4.78 is 41.5. The fourth-order valence-electron chi connectivity index (χ4n) is 3.47. The molecule has 0 saturated heterocycles. The molecule has 1 N–H and O–H groups in total. The van der Waals surface area contributed by atoms with Gasteiger partial charge in [0.1, 0.15) is 5.82 Å². The van der Waals surface area contributed by atoms with Gasteiger partial charge >= 0.3 is 0 Å². The third-order valence-electron chi connectivity index (χ3n) is 4.72. The quantitative estimate of drug-likeness (QED) is 0.915. The number of anilines is 2. The van der Waals surface area contributed by atoms with Crippen molar-refractivity contribution in [3.05, 3.63) is 52.8 Å². The van der Waals surface area contributed by atoms with Crippen LogP contribution in [-0.2, 0) is 27.7 Å². The molecular formula is C18H17FN2O3S. The molecule has 4 rings (SSSR count). The number of sulfonamides is 1. The van der Waals surface area contributed by atoms with E-state index in [4.69, 9.17) is 0 Å². The van der Waals surface area contributed by atoms with Gasteiger partial charge in [0.15, 0.2) is 0 Å². The van der Waals surface area contributed by atoms with E-state index in [1.165, 1.54) is 12.1 Å². The number of nitrogens with one attached hydrogen (secondary N) is 1. The first-order valence-corrected chi connectivity index (χ1v) is 9.58. The second-order valence-electron chi connectivity index (χ2n) is 6.49. The molecule has 7 heteroatoms. The van der Waals surface area contributed by atoms with Crippen LogP contribution in [-0.4, -0.2) is 20.9 Å². The van der Waals surface area contributed by atoms with E-state index in [0.29, 0.717) is 12.1 Å². The van der Waals surface area contributed by atoms with E-state index in [1.54, 1.807) is 24.0 Å². The molecule has 0 spiro atoms. The van der Waals surface area contributed by atoms with Crippen LogP contribution in [0, 0.1) is 12.7 Å². The van der Waals surface area contributed by atoms with E-state index < -0.39 is 15.8 Å². The third kappa shape index (κ3) is 2.68. The van der Waals surface area contributed by atoms with E-state index >= 15 is 0 Å². The molecule has 2 heterocycles. The highest BCUT2D eigenvalue weighted by molar-refractivity contribution is 7.92. The second kappa shape index (κ2) is 5.56. The Morgan fingerprint density at radius 3 is 2.68 bits per heavy atom. The topological polar surface area (TPSA) is 66.5 Å². The first-order chi connectivity index (χ1) is 11.8. The number of carbonyl (C=O) groups is 1. The van der Waals surface area contributed by atoms with E-state index in [9.17, 15) is 17.6 Å². The molecule has 0 saturated carbocycles. The third-order valence-corrected chi connectivity index (χ3v) is 6.08. The lowest BCUT2D eigenvalue weighted by Gasteiger charge is -2.26. The summed E-state index contributed by atoms with van der Waals surface area (Å²) in [5.74, 6) is -0.454. The molecule has 2 aliphatic heterocycles. The van der Waals surface area contributed by atoms with E-state index in [1.807, 2.05) is 0 Å². The van der Waals surface area contributed by atoms with Crippen LogP contribution in [0.3, 0.4) is 0 Å². The average molecular weight is 360 g/mol. The van der Waals surface area contributed by atoms with Crippen molar-refractivity contribution in [1.82, 2.24) is 0 Å². The molecule has 130 valence electrons. The lowest BCUT2D eigenvalue weighted by atomic mass is 10.0. The number of carbonyl (C=O) groups excluding carboxylic acids is 1. The van der Waals surface area contributed by atoms with Crippen molar-refractivity contribution in [1.29, 1.82) is 0 Å². The molecular weight excluding hydrogens is 343 g/mol. The summed E-state index contributed by atoms with van der Waals surface area (Å²) in [5, 5.41) is 0. The molecule has 0 unspecified atom stereocenters. The zero-order valence-electron chi connectivity index (χ0n) is 13.7. The first-order valence-electron chi connectivity index (χ1n) is 8.10. The predicted octanol–water partition coefficient (Wildman–Crippen LogP) is 2.77. The maximum absolute atomic E-state index is 13.7. The number of amides is 1. The molecule has 2 aromatic rings. The molecule has 5 nitrogen and oxygen atoms in total. The van der Waals surface area contributed by atoms with Crippen LogP contribution in [0.4, 0.5) is 15.8 Å². The Morgan fingerprint density at radius 2 is 1.92 bits per heavy atom. The molecule has 0 bridgehead atoms. The summed E-state index contributed by atoms with van der Waals surface area (Å²) in [4.78, 5) is 13.9. The Labute approximate surface area is 145 Å². The summed E-state index contributed by atoms with van der Waals surface area (Å²) in [5.41, 5.74) is 3.12. The minimum absolute atomic E-state index is 0.0130. The summed E-state index contributed by atoms with van der Waals surface area (Å²) in [6.07, 6.45) is 1.79. The number of aryl methyl sites for hydroxylation is 2.